The SMILES string of the molecule is CC(=C1C(=O)c2ccccc2C1=O)N1CC[NH+](Cc2ccccc2)CC1. The second-order valence-corrected chi connectivity index (χ2v) is 7.06. The number of hydrogen-bond acceptors (Lipinski definition) is 3. The zero-order valence-corrected chi connectivity index (χ0v) is 15.0. The van der Waals surface area contributed by atoms with Gasteiger partial charge in [0.2, 0.25) is 0 Å². The molecule has 1 N–H and O–H groups in total. The van der Waals surface area contributed by atoms with Crippen molar-refractivity contribution in [3.8, 4) is 0 Å². The Kier molecular flexibility index (Phi) is 4.43. The van der Waals surface area contributed by atoms with E-state index < -0.39 is 0 Å². The minimum atomic E-state index is -0.123. The van der Waals surface area contributed by atoms with Gasteiger partial charge < -0.3 is 9.80 Å². The van der Waals surface area contributed by atoms with E-state index in [4.69, 9.17) is 0 Å². The normalized spacial score (nSPS) is 17.6. The molecule has 132 valence electrons. The van der Waals surface area contributed by atoms with Crippen molar-refractivity contribution in [3.05, 3.63) is 82.6 Å². The summed E-state index contributed by atoms with van der Waals surface area (Å²) in [5.74, 6) is -0.246. The van der Waals surface area contributed by atoms with Crippen molar-refractivity contribution in [1.82, 2.24) is 4.90 Å². The van der Waals surface area contributed by atoms with Gasteiger partial charge in [0.15, 0.2) is 11.6 Å². The van der Waals surface area contributed by atoms with Gasteiger partial charge in [0.05, 0.1) is 31.8 Å². The van der Waals surface area contributed by atoms with Crippen LogP contribution in [0.25, 0.3) is 0 Å². The topological polar surface area (TPSA) is 41.8 Å². The van der Waals surface area contributed by atoms with Crippen molar-refractivity contribution in [2.45, 2.75) is 13.5 Å². The van der Waals surface area contributed by atoms with E-state index in [2.05, 4.69) is 29.2 Å². The summed E-state index contributed by atoms with van der Waals surface area (Å²) >= 11 is 0. The van der Waals surface area contributed by atoms with Crippen LogP contribution in [0.3, 0.4) is 0 Å². The first kappa shape index (κ1) is 16.7. The second kappa shape index (κ2) is 6.89. The van der Waals surface area contributed by atoms with Crippen molar-refractivity contribution in [2.75, 3.05) is 26.2 Å². The molecule has 2 aromatic carbocycles. The molecule has 1 fully saturated rings. The van der Waals surface area contributed by atoms with E-state index in [9.17, 15) is 9.59 Å². The Balaban J connectivity index is 1.47. The van der Waals surface area contributed by atoms with E-state index in [1.807, 2.05) is 25.1 Å². The van der Waals surface area contributed by atoms with Gasteiger partial charge in [-0.1, -0.05) is 54.6 Å². The van der Waals surface area contributed by atoms with Gasteiger partial charge in [0.1, 0.15) is 6.54 Å². The van der Waals surface area contributed by atoms with E-state index in [1.54, 1.807) is 12.1 Å². The highest BCUT2D eigenvalue weighted by molar-refractivity contribution is 6.39. The number of piperazine rings is 1. The Labute approximate surface area is 153 Å². The Morgan fingerprint density at radius 2 is 1.42 bits per heavy atom. The molecule has 26 heavy (non-hydrogen) atoms. The molecular weight excluding hydrogens is 324 g/mol. The number of carbonyl (C=O) groups is 2. The lowest BCUT2D eigenvalue weighted by atomic mass is 10.1. The average molecular weight is 347 g/mol. The summed E-state index contributed by atoms with van der Waals surface area (Å²) < 4.78 is 0. The third kappa shape index (κ3) is 2.97. The first-order valence-corrected chi connectivity index (χ1v) is 9.17. The number of ketones is 2. The number of hydrogen-bond donors (Lipinski definition) is 1. The number of Topliss-reactive ketones (excluding diaryl/α,β-unsaturated/α-hetero) is 2. The van der Waals surface area contributed by atoms with Crippen LogP contribution in [-0.4, -0.2) is 42.6 Å². The fourth-order valence-corrected chi connectivity index (χ4v) is 3.96. The summed E-state index contributed by atoms with van der Waals surface area (Å²) in [6.07, 6.45) is 0. The molecule has 2 aliphatic rings. The zero-order valence-electron chi connectivity index (χ0n) is 15.0. The van der Waals surface area contributed by atoms with Gasteiger partial charge >= 0.3 is 0 Å². The molecule has 1 aliphatic carbocycles. The van der Waals surface area contributed by atoms with Gasteiger partial charge in [-0.2, -0.15) is 0 Å². The lowest BCUT2D eigenvalue weighted by Crippen LogP contribution is -3.13. The summed E-state index contributed by atoms with van der Waals surface area (Å²) in [5.41, 5.74) is 3.62. The molecule has 2 aromatic rings. The Bertz CT molecular complexity index is 841. The maximum atomic E-state index is 12.7. The molecule has 0 saturated carbocycles. The average Bonchev–Trinajstić information content (AvgIpc) is 2.94. The number of nitrogens with one attached hydrogen (secondary N) is 1. The number of fused-ring (bicyclic) bond motifs is 1. The minimum absolute atomic E-state index is 0.123. The number of quaternary nitrogens is 1. The van der Waals surface area contributed by atoms with Crippen molar-refractivity contribution >= 4 is 11.6 Å². The molecule has 0 radical (unpaired) electrons. The molecule has 0 unspecified atom stereocenters. The van der Waals surface area contributed by atoms with Crippen molar-refractivity contribution < 1.29 is 14.5 Å². The highest BCUT2D eigenvalue weighted by atomic mass is 16.2. The van der Waals surface area contributed by atoms with Gasteiger partial charge in [-0.3, -0.25) is 9.59 Å². The quantitative estimate of drug-likeness (QED) is 0.679. The summed E-state index contributed by atoms with van der Waals surface area (Å²) in [6.45, 7) is 6.69. The summed E-state index contributed by atoms with van der Waals surface area (Å²) in [5, 5.41) is 0. The van der Waals surface area contributed by atoms with Crippen LogP contribution >= 0.6 is 0 Å². The van der Waals surface area contributed by atoms with E-state index in [0.29, 0.717) is 16.7 Å². The van der Waals surface area contributed by atoms with Crippen LogP contribution in [0.15, 0.2) is 65.9 Å². The van der Waals surface area contributed by atoms with Gasteiger partial charge in [0.25, 0.3) is 0 Å². The van der Waals surface area contributed by atoms with Crippen LogP contribution in [0.2, 0.25) is 0 Å². The summed E-state index contributed by atoms with van der Waals surface area (Å²) in [4.78, 5) is 29.1. The first-order chi connectivity index (χ1) is 12.6. The Morgan fingerprint density at radius 1 is 0.885 bits per heavy atom. The molecule has 0 atom stereocenters. The Hall–Kier alpha value is -2.72. The summed E-state index contributed by atoms with van der Waals surface area (Å²) in [7, 11) is 0. The van der Waals surface area contributed by atoms with E-state index in [0.717, 1.165) is 38.4 Å². The first-order valence-electron chi connectivity index (χ1n) is 9.17. The fraction of sp³-hybridized carbons (Fsp3) is 0.273. The van der Waals surface area contributed by atoms with Crippen molar-refractivity contribution in [1.29, 1.82) is 0 Å². The maximum absolute atomic E-state index is 12.7. The molecule has 0 spiro atoms. The smallest absolute Gasteiger partial charge is 0.199 e. The minimum Gasteiger partial charge on any atom is -0.363 e. The summed E-state index contributed by atoms with van der Waals surface area (Å²) in [6, 6.07) is 17.7. The molecule has 4 nitrogen and oxygen atoms in total. The van der Waals surface area contributed by atoms with Crippen LogP contribution in [0, 0.1) is 0 Å². The largest absolute Gasteiger partial charge is 0.363 e. The van der Waals surface area contributed by atoms with Gasteiger partial charge in [-0.05, 0) is 6.92 Å². The van der Waals surface area contributed by atoms with Gasteiger partial charge in [-0.25, -0.2) is 0 Å². The molecule has 0 aromatic heterocycles. The predicted octanol–water partition coefficient (Wildman–Crippen LogP) is 1.74. The maximum Gasteiger partial charge on any atom is 0.199 e. The standard InChI is InChI=1S/C22H22N2O2/c1-16(20-21(25)18-9-5-6-10-19(18)22(20)26)24-13-11-23(12-14-24)15-17-7-3-2-4-8-17/h2-10H,11-15H2,1H3/p+1. The lowest BCUT2D eigenvalue weighted by molar-refractivity contribution is -0.917. The van der Waals surface area contributed by atoms with E-state index in [1.165, 1.54) is 10.5 Å². The molecule has 0 amide bonds. The molecule has 1 aliphatic heterocycles. The molecular formula is C22H23N2O2+. The van der Waals surface area contributed by atoms with Crippen LogP contribution in [0.4, 0.5) is 0 Å². The number of nitrogens with zero attached hydrogens (tertiary/aromatic N) is 1. The number of benzene rings is 2. The van der Waals surface area contributed by atoms with Crippen molar-refractivity contribution in [2.24, 2.45) is 0 Å². The van der Waals surface area contributed by atoms with Crippen LogP contribution in [0.1, 0.15) is 33.2 Å². The van der Waals surface area contributed by atoms with Gasteiger partial charge in [0, 0.05) is 22.4 Å². The number of allylic oxidation sites excluding steroid dienone is 2. The van der Waals surface area contributed by atoms with E-state index in [-0.39, 0.29) is 11.6 Å². The molecule has 1 heterocycles. The van der Waals surface area contributed by atoms with Crippen LogP contribution < -0.4 is 4.90 Å². The zero-order chi connectivity index (χ0) is 18.1. The molecule has 4 heteroatoms. The highest BCUT2D eigenvalue weighted by Gasteiger charge is 2.36. The van der Waals surface area contributed by atoms with Crippen molar-refractivity contribution in [3.63, 3.8) is 0 Å². The number of carbonyl (C=O) groups excluding carboxylic acids is 2. The highest BCUT2D eigenvalue weighted by Crippen LogP contribution is 2.29. The fourth-order valence-electron chi connectivity index (χ4n) is 3.96. The van der Waals surface area contributed by atoms with Gasteiger partial charge in [-0.15, -0.1) is 0 Å². The number of rotatable bonds is 3. The third-order valence-electron chi connectivity index (χ3n) is 5.47. The van der Waals surface area contributed by atoms with Crippen LogP contribution in [-0.2, 0) is 6.54 Å². The van der Waals surface area contributed by atoms with Crippen LogP contribution in [0.5, 0.6) is 0 Å². The third-order valence-corrected chi connectivity index (χ3v) is 5.47. The second-order valence-electron chi connectivity index (χ2n) is 7.06. The predicted molar refractivity (Wildman–Crippen MR) is 100 cm³/mol. The monoisotopic (exact) mass is 347 g/mol. The lowest BCUT2D eigenvalue weighted by Gasteiger charge is -2.34. The Morgan fingerprint density at radius 3 is 2.00 bits per heavy atom. The molecule has 4 rings (SSSR count). The van der Waals surface area contributed by atoms with E-state index >= 15 is 0 Å². The molecule has 0 bridgehead atoms. The molecule has 1 saturated heterocycles.